The van der Waals surface area contributed by atoms with Crippen LogP contribution >= 0.6 is 11.6 Å². The van der Waals surface area contributed by atoms with Crippen molar-refractivity contribution in [3.8, 4) is 11.5 Å². The van der Waals surface area contributed by atoms with Crippen molar-refractivity contribution in [2.24, 2.45) is 0 Å². The second kappa shape index (κ2) is 8.60. The van der Waals surface area contributed by atoms with Crippen molar-refractivity contribution in [2.45, 2.75) is 20.8 Å². The van der Waals surface area contributed by atoms with Crippen molar-refractivity contribution in [1.29, 1.82) is 0 Å². The average Bonchev–Trinajstić information content (AvgIpc) is 2.56. The molecule has 0 saturated heterocycles. The van der Waals surface area contributed by atoms with Gasteiger partial charge in [-0.25, -0.2) is 0 Å². The maximum atomic E-state index is 12.1. The molecule has 0 aromatic heterocycles. The Morgan fingerprint density at radius 2 is 1.88 bits per heavy atom. The molecule has 0 radical (unpaired) electrons. The van der Waals surface area contributed by atoms with Crippen molar-refractivity contribution in [2.75, 3.05) is 19.8 Å². The third-order valence-corrected chi connectivity index (χ3v) is 3.94. The van der Waals surface area contributed by atoms with E-state index in [-0.39, 0.29) is 5.91 Å². The minimum atomic E-state index is -0.133. The molecule has 5 heteroatoms. The lowest BCUT2D eigenvalue weighted by atomic mass is 10.1. The molecule has 0 saturated carbocycles. The van der Waals surface area contributed by atoms with Crippen LogP contribution in [-0.2, 0) is 0 Å². The van der Waals surface area contributed by atoms with Gasteiger partial charge in [0, 0.05) is 10.6 Å². The van der Waals surface area contributed by atoms with Crippen molar-refractivity contribution in [1.82, 2.24) is 5.32 Å². The fourth-order valence-electron chi connectivity index (χ4n) is 2.21. The number of ether oxygens (including phenoxy) is 2. The third kappa shape index (κ3) is 4.90. The van der Waals surface area contributed by atoms with Crippen LogP contribution in [0.15, 0.2) is 36.4 Å². The number of carbonyl (C=O) groups is 1. The summed E-state index contributed by atoms with van der Waals surface area (Å²) in [6.07, 6.45) is 0. The summed E-state index contributed by atoms with van der Waals surface area (Å²) in [7, 11) is 0. The van der Waals surface area contributed by atoms with Gasteiger partial charge in [0.1, 0.15) is 18.1 Å². The molecular formula is C19H22ClNO3. The summed E-state index contributed by atoms with van der Waals surface area (Å²) in [6, 6.07) is 10.9. The highest BCUT2D eigenvalue weighted by atomic mass is 35.5. The van der Waals surface area contributed by atoms with Crippen LogP contribution < -0.4 is 14.8 Å². The van der Waals surface area contributed by atoms with Crippen molar-refractivity contribution in [3.05, 3.63) is 58.1 Å². The highest BCUT2D eigenvalue weighted by Crippen LogP contribution is 2.21. The number of benzene rings is 2. The molecule has 0 heterocycles. The SMILES string of the molecule is CCOc1ccc(C(=O)NCCOc2ccc(C)c(Cl)c2)cc1C. The van der Waals surface area contributed by atoms with E-state index in [1.165, 1.54) is 0 Å². The van der Waals surface area contributed by atoms with E-state index in [0.29, 0.717) is 36.1 Å². The number of nitrogens with one attached hydrogen (secondary N) is 1. The summed E-state index contributed by atoms with van der Waals surface area (Å²) >= 11 is 6.05. The third-order valence-electron chi connectivity index (χ3n) is 3.54. The number of hydrogen-bond acceptors (Lipinski definition) is 3. The molecule has 1 N–H and O–H groups in total. The summed E-state index contributed by atoms with van der Waals surface area (Å²) < 4.78 is 11.1. The van der Waals surface area contributed by atoms with E-state index in [4.69, 9.17) is 21.1 Å². The Kier molecular flexibility index (Phi) is 6.50. The zero-order valence-corrected chi connectivity index (χ0v) is 14.9. The Morgan fingerprint density at radius 1 is 1.08 bits per heavy atom. The minimum Gasteiger partial charge on any atom is -0.494 e. The van der Waals surface area contributed by atoms with Gasteiger partial charge < -0.3 is 14.8 Å². The summed E-state index contributed by atoms with van der Waals surface area (Å²) in [6.45, 7) is 7.18. The van der Waals surface area contributed by atoms with E-state index in [9.17, 15) is 4.79 Å². The van der Waals surface area contributed by atoms with Gasteiger partial charge in [0.15, 0.2) is 0 Å². The lowest BCUT2D eigenvalue weighted by Gasteiger charge is -2.11. The molecule has 0 aliphatic carbocycles. The molecule has 2 rings (SSSR count). The van der Waals surface area contributed by atoms with Gasteiger partial charge in [0.25, 0.3) is 5.91 Å². The van der Waals surface area contributed by atoms with Gasteiger partial charge in [-0.05, 0) is 62.2 Å². The molecule has 2 aromatic carbocycles. The van der Waals surface area contributed by atoms with Crippen LogP contribution in [0.25, 0.3) is 0 Å². The largest absolute Gasteiger partial charge is 0.494 e. The molecule has 1 amide bonds. The lowest BCUT2D eigenvalue weighted by Crippen LogP contribution is -2.28. The number of carbonyl (C=O) groups excluding carboxylic acids is 1. The quantitative estimate of drug-likeness (QED) is 0.765. The van der Waals surface area contributed by atoms with Gasteiger partial charge >= 0.3 is 0 Å². The van der Waals surface area contributed by atoms with E-state index in [0.717, 1.165) is 16.9 Å². The predicted octanol–water partition coefficient (Wildman–Crippen LogP) is 4.16. The fourth-order valence-corrected chi connectivity index (χ4v) is 2.38. The number of halogens is 1. The predicted molar refractivity (Wildman–Crippen MR) is 96.4 cm³/mol. The van der Waals surface area contributed by atoms with E-state index < -0.39 is 0 Å². The number of aryl methyl sites for hydroxylation is 2. The number of hydrogen-bond donors (Lipinski definition) is 1. The maximum Gasteiger partial charge on any atom is 0.251 e. The van der Waals surface area contributed by atoms with Crippen LogP contribution in [0.1, 0.15) is 28.4 Å². The van der Waals surface area contributed by atoms with Crippen LogP contribution in [0.2, 0.25) is 5.02 Å². The van der Waals surface area contributed by atoms with Crippen LogP contribution in [0, 0.1) is 13.8 Å². The van der Waals surface area contributed by atoms with Gasteiger partial charge in [-0.2, -0.15) is 0 Å². The normalized spacial score (nSPS) is 10.3. The van der Waals surface area contributed by atoms with E-state index in [1.807, 2.05) is 45.0 Å². The summed E-state index contributed by atoms with van der Waals surface area (Å²) in [5.41, 5.74) is 2.55. The molecule has 0 atom stereocenters. The standard InChI is InChI=1S/C19H22ClNO3/c1-4-23-18-8-6-15(11-14(18)3)19(22)21-9-10-24-16-7-5-13(2)17(20)12-16/h5-8,11-12H,4,9-10H2,1-3H3,(H,21,22). The first-order chi connectivity index (χ1) is 11.5. The number of amides is 1. The van der Waals surface area contributed by atoms with Gasteiger partial charge in [0.05, 0.1) is 13.2 Å². The monoisotopic (exact) mass is 347 g/mol. The van der Waals surface area contributed by atoms with Gasteiger partial charge in [-0.3, -0.25) is 4.79 Å². The summed E-state index contributed by atoms with van der Waals surface area (Å²) in [5, 5.41) is 3.50. The van der Waals surface area contributed by atoms with Gasteiger partial charge in [-0.1, -0.05) is 17.7 Å². The molecule has 24 heavy (non-hydrogen) atoms. The maximum absolute atomic E-state index is 12.1. The van der Waals surface area contributed by atoms with E-state index in [2.05, 4.69) is 5.32 Å². The van der Waals surface area contributed by atoms with E-state index in [1.54, 1.807) is 12.1 Å². The average molecular weight is 348 g/mol. The Morgan fingerprint density at radius 3 is 2.54 bits per heavy atom. The molecule has 0 fully saturated rings. The van der Waals surface area contributed by atoms with Crippen LogP contribution in [-0.4, -0.2) is 25.7 Å². The topological polar surface area (TPSA) is 47.6 Å². The zero-order valence-electron chi connectivity index (χ0n) is 14.2. The Hall–Kier alpha value is -2.20. The van der Waals surface area contributed by atoms with Crippen molar-refractivity contribution in [3.63, 3.8) is 0 Å². The first-order valence-electron chi connectivity index (χ1n) is 7.92. The van der Waals surface area contributed by atoms with Crippen molar-refractivity contribution >= 4 is 17.5 Å². The molecule has 0 bridgehead atoms. The smallest absolute Gasteiger partial charge is 0.251 e. The molecule has 0 unspecified atom stereocenters. The number of rotatable bonds is 7. The summed E-state index contributed by atoms with van der Waals surface area (Å²) in [5.74, 6) is 1.36. The fraction of sp³-hybridized carbons (Fsp3) is 0.316. The molecule has 0 aliphatic rings. The Bertz CT molecular complexity index is 716. The van der Waals surface area contributed by atoms with Crippen LogP contribution in [0.5, 0.6) is 11.5 Å². The molecule has 128 valence electrons. The summed E-state index contributed by atoms with van der Waals surface area (Å²) in [4.78, 5) is 12.1. The van der Waals surface area contributed by atoms with Crippen LogP contribution in [0.3, 0.4) is 0 Å². The second-order valence-corrected chi connectivity index (χ2v) is 5.84. The van der Waals surface area contributed by atoms with Crippen molar-refractivity contribution < 1.29 is 14.3 Å². The van der Waals surface area contributed by atoms with Crippen LogP contribution in [0.4, 0.5) is 0 Å². The molecule has 0 aliphatic heterocycles. The molecule has 0 spiro atoms. The Labute approximate surface area is 147 Å². The minimum absolute atomic E-state index is 0.133. The zero-order chi connectivity index (χ0) is 17.5. The molecule has 4 nitrogen and oxygen atoms in total. The first-order valence-corrected chi connectivity index (χ1v) is 8.29. The second-order valence-electron chi connectivity index (χ2n) is 5.43. The van der Waals surface area contributed by atoms with Gasteiger partial charge in [-0.15, -0.1) is 0 Å². The van der Waals surface area contributed by atoms with Gasteiger partial charge in [0.2, 0.25) is 0 Å². The van der Waals surface area contributed by atoms with E-state index >= 15 is 0 Å². The highest BCUT2D eigenvalue weighted by molar-refractivity contribution is 6.31. The molecule has 2 aromatic rings. The Balaban J connectivity index is 1.82. The highest BCUT2D eigenvalue weighted by Gasteiger charge is 2.08. The lowest BCUT2D eigenvalue weighted by molar-refractivity contribution is 0.0947. The molecular weight excluding hydrogens is 326 g/mol. The first kappa shape index (κ1) is 18.1.